The topological polar surface area (TPSA) is 98.5 Å². The number of amides is 1. The zero-order valence-electron chi connectivity index (χ0n) is 23.3. The van der Waals surface area contributed by atoms with E-state index >= 15 is 0 Å². The number of rotatable bonds is 5. The zero-order valence-corrected chi connectivity index (χ0v) is 24.2. The van der Waals surface area contributed by atoms with Crippen LogP contribution in [0.2, 0.25) is 0 Å². The summed E-state index contributed by atoms with van der Waals surface area (Å²) in [6, 6.07) is 10.5. The lowest BCUT2D eigenvalue weighted by Gasteiger charge is -2.37. The molecule has 0 unspecified atom stereocenters. The molecule has 2 fully saturated rings. The first-order valence-electron chi connectivity index (χ1n) is 14.3. The van der Waals surface area contributed by atoms with Gasteiger partial charge < -0.3 is 19.4 Å². The maximum absolute atomic E-state index is 13.6. The van der Waals surface area contributed by atoms with Gasteiger partial charge in [-0.25, -0.2) is 19.3 Å². The Bertz CT molecular complexity index is 1700. The molecule has 0 saturated carbocycles. The van der Waals surface area contributed by atoms with Crippen molar-refractivity contribution >= 4 is 44.8 Å². The Morgan fingerprint density at radius 1 is 1.17 bits per heavy atom. The molecule has 5 heterocycles. The first-order chi connectivity index (χ1) is 20.5. The molecule has 0 spiro atoms. The molecule has 1 atom stereocenters. The van der Waals surface area contributed by atoms with Crippen molar-refractivity contribution in [2.24, 2.45) is 5.92 Å². The number of nitrogens with zero attached hydrogens (tertiary/aromatic N) is 7. The maximum atomic E-state index is 13.6. The van der Waals surface area contributed by atoms with Gasteiger partial charge in [0, 0.05) is 56.5 Å². The van der Waals surface area contributed by atoms with Crippen LogP contribution in [-0.4, -0.2) is 72.2 Å². The SMILES string of the molecule is CN(c1nc(-c2ccc(F)cc2)c(C#N)s1)c1c2c(nc3ncc(N4CCN(C(=O)[C@@H]5CCOC5)CC4)cc13)CCC2. The molecule has 0 N–H and O–H groups in total. The fourth-order valence-electron chi connectivity index (χ4n) is 6.26. The van der Waals surface area contributed by atoms with Crippen molar-refractivity contribution in [1.29, 1.82) is 5.26 Å². The molecule has 2 saturated heterocycles. The first-order valence-corrected chi connectivity index (χ1v) is 15.2. The van der Waals surface area contributed by atoms with Gasteiger partial charge in [-0.1, -0.05) is 11.3 Å². The molecule has 3 aliphatic rings. The quantitative estimate of drug-likeness (QED) is 0.333. The zero-order chi connectivity index (χ0) is 28.8. The van der Waals surface area contributed by atoms with Gasteiger partial charge in [0.2, 0.25) is 5.91 Å². The number of hydrogen-bond donors (Lipinski definition) is 0. The summed E-state index contributed by atoms with van der Waals surface area (Å²) in [5.74, 6) is -0.142. The molecule has 1 amide bonds. The third-order valence-electron chi connectivity index (χ3n) is 8.52. The molecule has 1 aromatic carbocycles. The van der Waals surface area contributed by atoms with Gasteiger partial charge >= 0.3 is 0 Å². The number of hydrogen-bond acceptors (Lipinski definition) is 9. The molecule has 11 heteroatoms. The van der Waals surface area contributed by atoms with Crippen LogP contribution >= 0.6 is 11.3 Å². The molecule has 7 rings (SSSR count). The number of pyridine rings is 2. The molecule has 214 valence electrons. The van der Waals surface area contributed by atoms with Crippen LogP contribution in [0.3, 0.4) is 0 Å². The molecule has 3 aromatic heterocycles. The van der Waals surface area contributed by atoms with E-state index in [1.807, 2.05) is 18.1 Å². The number of thiazole rings is 1. The summed E-state index contributed by atoms with van der Waals surface area (Å²) in [6.07, 6.45) is 5.53. The normalized spacial score (nSPS) is 18.4. The summed E-state index contributed by atoms with van der Waals surface area (Å²) in [4.78, 5) is 34.3. The van der Waals surface area contributed by atoms with Crippen LogP contribution in [0.1, 0.15) is 29.0 Å². The number of halogens is 1. The van der Waals surface area contributed by atoms with E-state index in [1.54, 1.807) is 12.1 Å². The highest BCUT2D eigenvalue weighted by Gasteiger charge is 2.31. The molecule has 0 bridgehead atoms. The maximum Gasteiger partial charge on any atom is 0.228 e. The number of anilines is 3. The number of fused-ring (bicyclic) bond motifs is 2. The largest absolute Gasteiger partial charge is 0.381 e. The Hall–Kier alpha value is -4.14. The van der Waals surface area contributed by atoms with Crippen LogP contribution in [0.4, 0.5) is 20.9 Å². The Labute approximate surface area is 247 Å². The van der Waals surface area contributed by atoms with Gasteiger partial charge in [-0.05, 0) is 61.6 Å². The Kier molecular flexibility index (Phi) is 6.96. The van der Waals surface area contributed by atoms with Crippen molar-refractivity contribution in [2.75, 3.05) is 56.2 Å². The average Bonchev–Trinajstić information content (AvgIpc) is 3.81. The molecule has 0 radical (unpaired) electrons. The average molecular weight is 584 g/mol. The molecular formula is C31H30FN7O2S. The van der Waals surface area contributed by atoms with Gasteiger partial charge in [0.1, 0.15) is 22.5 Å². The molecule has 4 aromatic rings. The lowest BCUT2D eigenvalue weighted by atomic mass is 10.1. The number of benzene rings is 1. The van der Waals surface area contributed by atoms with Crippen molar-refractivity contribution in [3.63, 3.8) is 0 Å². The van der Waals surface area contributed by atoms with Crippen molar-refractivity contribution in [1.82, 2.24) is 19.9 Å². The van der Waals surface area contributed by atoms with E-state index in [9.17, 15) is 14.4 Å². The number of carbonyl (C=O) groups is 1. The second-order valence-corrected chi connectivity index (χ2v) is 12.0. The minimum Gasteiger partial charge on any atom is -0.381 e. The van der Waals surface area contributed by atoms with Crippen molar-refractivity contribution < 1.29 is 13.9 Å². The molecule has 42 heavy (non-hydrogen) atoms. The number of aromatic nitrogens is 3. The van der Waals surface area contributed by atoms with Gasteiger partial charge in [0.25, 0.3) is 0 Å². The van der Waals surface area contributed by atoms with Gasteiger partial charge in [0.15, 0.2) is 10.8 Å². The molecule has 1 aliphatic carbocycles. The smallest absolute Gasteiger partial charge is 0.228 e. The van der Waals surface area contributed by atoms with E-state index in [0.717, 1.165) is 61.2 Å². The summed E-state index contributed by atoms with van der Waals surface area (Å²) in [6.45, 7) is 4.00. The Balaban J connectivity index is 1.22. The predicted octanol–water partition coefficient (Wildman–Crippen LogP) is 4.71. The van der Waals surface area contributed by atoms with E-state index in [1.165, 1.54) is 29.0 Å². The fraction of sp³-hybridized carbons (Fsp3) is 0.387. The number of piperazine rings is 1. The van der Waals surface area contributed by atoms with Crippen LogP contribution in [-0.2, 0) is 22.4 Å². The van der Waals surface area contributed by atoms with Gasteiger partial charge in [-0.15, -0.1) is 0 Å². The molecule has 9 nitrogen and oxygen atoms in total. The standard InChI is InChI=1S/C31H30FN7O2S/c1-37(31-36-27(26(16-33)42-31)19-5-7-21(32)8-6-19)28-23-3-2-4-25(23)35-29-24(28)15-22(17-34-29)38-10-12-39(13-11-38)30(40)20-9-14-41-18-20/h5-8,15,17,20H,2-4,9-14,18H2,1H3/t20-/m1/s1. The number of ether oxygens (including phenoxy) is 1. The van der Waals surface area contributed by atoms with E-state index in [-0.39, 0.29) is 17.6 Å². The van der Waals surface area contributed by atoms with Crippen LogP contribution in [0.25, 0.3) is 22.3 Å². The fourth-order valence-corrected chi connectivity index (χ4v) is 7.12. The summed E-state index contributed by atoms with van der Waals surface area (Å²) < 4.78 is 19.0. The van der Waals surface area contributed by atoms with E-state index in [2.05, 4.69) is 21.9 Å². The van der Waals surface area contributed by atoms with Crippen LogP contribution < -0.4 is 9.80 Å². The second kappa shape index (κ2) is 10.9. The third-order valence-corrected chi connectivity index (χ3v) is 9.55. The first kappa shape index (κ1) is 26.7. The van der Waals surface area contributed by atoms with Crippen molar-refractivity contribution in [3.05, 3.63) is 58.5 Å². The number of carbonyl (C=O) groups excluding carboxylic acids is 1. The summed E-state index contributed by atoms with van der Waals surface area (Å²) in [5, 5.41) is 11.5. The van der Waals surface area contributed by atoms with Gasteiger partial charge in [-0.2, -0.15) is 5.26 Å². The highest BCUT2D eigenvalue weighted by atomic mass is 32.1. The van der Waals surface area contributed by atoms with Gasteiger partial charge in [-0.3, -0.25) is 4.79 Å². The number of nitriles is 1. The Morgan fingerprint density at radius 2 is 1.98 bits per heavy atom. The minimum atomic E-state index is -0.330. The van der Waals surface area contributed by atoms with Crippen LogP contribution in [0.15, 0.2) is 36.5 Å². The minimum absolute atomic E-state index is 0.0128. The van der Waals surface area contributed by atoms with Crippen molar-refractivity contribution in [3.8, 4) is 17.3 Å². The third kappa shape index (κ3) is 4.74. The predicted molar refractivity (Wildman–Crippen MR) is 160 cm³/mol. The second-order valence-electron chi connectivity index (χ2n) is 11.0. The lowest BCUT2D eigenvalue weighted by Crippen LogP contribution is -2.50. The van der Waals surface area contributed by atoms with Crippen LogP contribution in [0, 0.1) is 23.1 Å². The Morgan fingerprint density at radius 3 is 2.71 bits per heavy atom. The van der Waals surface area contributed by atoms with Gasteiger partial charge in [0.05, 0.1) is 30.1 Å². The monoisotopic (exact) mass is 583 g/mol. The molecule has 2 aliphatic heterocycles. The summed E-state index contributed by atoms with van der Waals surface area (Å²) in [5.41, 5.74) is 6.20. The lowest BCUT2D eigenvalue weighted by molar-refractivity contribution is -0.135. The highest BCUT2D eigenvalue weighted by molar-refractivity contribution is 7.16. The van der Waals surface area contributed by atoms with Crippen molar-refractivity contribution in [2.45, 2.75) is 25.7 Å². The highest BCUT2D eigenvalue weighted by Crippen LogP contribution is 2.42. The number of aryl methyl sites for hydroxylation is 1. The van der Waals surface area contributed by atoms with E-state index in [0.29, 0.717) is 53.2 Å². The van der Waals surface area contributed by atoms with E-state index in [4.69, 9.17) is 19.7 Å². The summed E-state index contributed by atoms with van der Waals surface area (Å²) in [7, 11) is 1.98. The molecular weight excluding hydrogens is 553 g/mol. The summed E-state index contributed by atoms with van der Waals surface area (Å²) >= 11 is 1.32. The van der Waals surface area contributed by atoms with E-state index < -0.39 is 0 Å². The van der Waals surface area contributed by atoms with Crippen LogP contribution in [0.5, 0.6) is 0 Å².